The van der Waals surface area contributed by atoms with E-state index in [1.807, 2.05) is 0 Å². The summed E-state index contributed by atoms with van der Waals surface area (Å²) in [5, 5.41) is 4.07. The summed E-state index contributed by atoms with van der Waals surface area (Å²) in [6.07, 6.45) is 2.27. The molecule has 152 valence electrons. The van der Waals surface area contributed by atoms with Gasteiger partial charge in [-0.25, -0.2) is 27.2 Å². The zero-order valence-electron chi connectivity index (χ0n) is 15.3. The van der Waals surface area contributed by atoms with E-state index in [2.05, 4.69) is 15.1 Å². The van der Waals surface area contributed by atoms with Crippen molar-refractivity contribution >= 4 is 0 Å². The zero-order chi connectivity index (χ0) is 19.7. The minimum Gasteiger partial charge on any atom is -0.474 e. The van der Waals surface area contributed by atoms with Gasteiger partial charge in [0.15, 0.2) is 0 Å². The van der Waals surface area contributed by atoms with Gasteiger partial charge in [0, 0.05) is 37.9 Å². The predicted molar refractivity (Wildman–Crippen MR) is 93.1 cm³/mol. The van der Waals surface area contributed by atoms with Gasteiger partial charge in [0.05, 0.1) is 11.4 Å². The van der Waals surface area contributed by atoms with Gasteiger partial charge < -0.3 is 4.74 Å². The summed E-state index contributed by atoms with van der Waals surface area (Å²) in [6, 6.07) is 3.21. The third kappa shape index (κ3) is 4.44. The van der Waals surface area contributed by atoms with Crippen LogP contribution in [0.3, 0.4) is 0 Å². The van der Waals surface area contributed by atoms with E-state index in [9.17, 15) is 17.6 Å². The van der Waals surface area contributed by atoms with Crippen LogP contribution in [0, 0.1) is 5.92 Å². The quantitative estimate of drug-likeness (QED) is 0.678. The van der Waals surface area contributed by atoms with Crippen molar-refractivity contribution in [2.45, 2.75) is 69.8 Å². The van der Waals surface area contributed by atoms with E-state index in [1.54, 1.807) is 12.3 Å². The summed E-state index contributed by atoms with van der Waals surface area (Å²) in [4.78, 5) is 8.79. The van der Waals surface area contributed by atoms with Crippen molar-refractivity contribution in [3.8, 4) is 11.8 Å². The van der Waals surface area contributed by atoms with Crippen LogP contribution in [-0.2, 0) is 13.1 Å². The highest BCUT2D eigenvalue weighted by molar-refractivity contribution is 5.24. The van der Waals surface area contributed by atoms with Crippen LogP contribution in [0.25, 0.3) is 5.95 Å². The molecule has 28 heavy (non-hydrogen) atoms. The molecule has 2 heterocycles. The Bertz CT molecular complexity index is 812. The molecule has 5 nitrogen and oxygen atoms in total. The number of aromatic nitrogens is 4. The first kappa shape index (κ1) is 19.1. The van der Waals surface area contributed by atoms with Crippen molar-refractivity contribution in [1.82, 2.24) is 19.7 Å². The molecule has 0 spiro atoms. The van der Waals surface area contributed by atoms with E-state index in [0.717, 1.165) is 0 Å². The third-order valence-electron chi connectivity index (χ3n) is 5.39. The Kier molecular flexibility index (Phi) is 5.25. The number of hydrogen-bond acceptors (Lipinski definition) is 4. The van der Waals surface area contributed by atoms with Gasteiger partial charge in [0.2, 0.25) is 11.8 Å². The first-order chi connectivity index (χ1) is 13.4. The Morgan fingerprint density at radius 3 is 2.54 bits per heavy atom. The van der Waals surface area contributed by atoms with E-state index in [-0.39, 0.29) is 36.5 Å². The normalized spacial score (nSPS) is 24.7. The molecule has 0 N–H and O–H groups in total. The van der Waals surface area contributed by atoms with Gasteiger partial charge in [0.25, 0.3) is 5.95 Å². The van der Waals surface area contributed by atoms with Crippen LogP contribution in [0.2, 0.25) is 0 Å². The Balaban J connectivity index is 1.54. The van der Waals surface area contributed by atoms with Gasteiger partial charge in [0.1, 0.15) is 19.0 Å². The minimum atomic E-state index is -2.58. The molecule has 2 aromatic heterocycles. The topological polar surface area (TPSA) is 52.8 Å². The maximum Gasteiger partial charge on any atom is 0.254 e. The molecule has 2 aromatic rings. The summed E-state index contributed by atoms with van der Waals surface area (Å²) in [6.45, 7) is -0.702. The SMILES string of the molecule is FCc1ccn(-c2nc(CC3CCC(F)(F)CC3)cc(OC3CC(F)C3)n2)n1. The number of halogens is 4. The molecule has 0 aromatic carbocycles. The highest BCUT2D eigenvalue weighted by Crippen LogP contribution is 2.37. The molecular formula is C19H22F4N4O. The van der Waals surface area contributed by atoms with Crippen LogP contribution in [0.1, 0.15) is 49.9 Å². The average Bonchev–Trinajstić information content (AvgIpc) is 3.11. The highest BCUT2D eigenvalue weighted by Gasteiger charge is 2.35. The number of ether oxygens (including phenoxy) is 1. The van der Waals surface area contributed by atoms with Crippen molar-refractivity contribution in [2.24, 2.45) is 5.92 Å². The molecule has 2 aliphatic rings. The maximum atomic E-state index is 13.4. The van der Waals surface area contributed by atoms with Crippen LogP contribution in [0.15, 0.2) is 18.3 Å². The average molecular weight is 398 g/mol. The van der Waals surface area contributed by atoms with Crippen molar-refractivity contribution in [3.05, 3.63) is 29.7 Å². The van der Waals surface area contributed by atoms with Gasteiger partial charge in [-0.2, -0.15) is 10.1 Å². The maximum absolute atomic E-state index is 13.4. The molecular weight excluding hydrogens is 376 g/mol. The first-order valence-electron chi connectivity index (χ1n) is 9.57. The number of hydrogen-bond donors (Lipinski definition) is 0. The Morgan fingerprint density at radius 1 is 1.14 bits per heavy atom. The molecule has 0 unspecified atom stereocenters. The fourth-order valence-electron chi connectivity index (χ4n) is 3.64. The Hall–Kier alpha value is -2.19. The van der Waals surface area contributed by atoms with Gasteiger partial charge in [-0.15, -0.1) is 0 Å². The van der Waals surface area contributed by atoms with E-state index in [1.165, 1.54) is 10.7 Å². The standard InChI is InChI=1S/C19H22F4N4O/c20-11-14-3-6-27(26-14)18-24-15(7-12-1-4-19(22,23)5-2-12)10-17(25-18)28-16-8-13(21)9-16/h3,6,10,12-13,16H,1-2,4-5,7-9,11H2. The molecule has 0 atom stereocenters. The fraction of sp³-hybridized carbons (Fsp3) is 0.632. The predicted octanol–water partition coefficient (Wildman–Crippen LogP) is 4.38. The Morgan fingerprint density at radius 2 is 1.89 bits per heavy atom. The summed E-state index contributed by atoms with van der Waals surface area (Å²) < 4.78 is 59.8. The van der Waals surface area contributed by atoms with Crippen LogP contribution < -0.4 is 4.74 Å². The van der Waals surface area contributed by atoms with Gasteiger partial charge in [-0.3, -0.25) is 0 Å². The number of rotatable bonds is 6. The molecule has 2 aliphatic carbocycles. The second kappa shape index (κ2) is 7.67. The van der Waals surface area contributed by atoms with Crippen LogP contribution in [0.4, 0.5) is 17.6 Å². The van der Waals surface area contributed by atoms with Crippen molar-refractivity contribution in [3.63, 3.8) is 0 Å². The second-order valence-electron chi connectivity index (χ2n) is 7.69. The molecule has 2 saturated carbocycles. The lowest BCUT2D eigenvalue weighted by atomic mass is 9.84. The van der Waals surface area contributed by atoms with Crippen molar-refractivity contribution in [1.29, 1.82) is 0 Å². The molecule has 0 saturated heterocycles. The zero-order valence-corrected chi connectivity index (χ0v) is 15.3. The van der Waals surface area contributed by atoms with Gasteiger partial charge in [-0.05, 0) is 31.2 Å². The smallest absolute Gasteiger partial charge is 0.254 e. The monoisotopic (exact) mass is 398 g/mol. The lowest BCUT2D eigenvalue weighted by molar-refractivity contribution is -0.0457. The third-order valence-corrected chi connectivity index (χ3v) is 5.39. The van der Waals surface area contributed by atoms with Gasteiger partial charge >= 0.3 is 0 Å². The van der Waals surface area contributed by atoms with E-state index < -0.39 is 18.8 Å². The lowest BCUT2D eigenvalue weighted by Crippen LogP contribution is -2.35. The first-order valence-corrected chi connectivity index (χ1v) is 9.57. The highest BCUT2D eigenvalue weighted by atomic mass is 19.3. The summed E-state index contributed by atoms with van der Waals surface area (Å²) in [7, 11) is 0. The lowest BCUT2D eigenvalue weighted by Gasteiger charge is -2.30. The fourth-order valence-corrected chi connectivity index (χ4v) is 3.64. The van der Waals surface area contributed by atoms with Gasteiger partial charge in [-0.1, -0.05) is 0 Å². The minimum absolute atomic E-state index is 0.105. The van der Waals surface area contributed by atoms with E-state index in [0.29, 0.717) is 43.7 Å². The summed E-state index contributed by atoms with van der Waals surface area (Å²) in [5.74, 6) is -1.94. The molecule has 0 aliphatic heterocycles. The largest absolute Gasteiger partial charge is 0.474 e. The van der Waals surface area contributed by atoms with Crippen LogP contribution in [0.5, 0.6) is 5.88 Å². The molecule has 2 fully saturated rings. The molecule has 9 heteroatoms. The van der Waals surface area contributed by atoms with E-state index >= 15 is 0 Å². The summed E-state index contributed by atoms with van der Waals surface area (Å²) >= 11 is 0. The summed E-state index contributed by atoms with van der Waals surface area (Å²) in [5.41, 5.74) is 0.911. The van der Waals surface area contributed by atoms with Crippen LogP contribution >= 0.6 is 0 Å². The number of nitrogens with zero attached hydrogens (tertiary/aromatic N) is 4. The van der Waals surface area contributed by atoms with Crippen LogP contribution in [-0.4, -0.2) is 37.9 Å². The molecule has 0 bridgehead atoms. The van der Waals surface area contributed by atoms with E-state index in [4.69, 9.17) is 4.74 Å². The molecule has 4 rings (SSSR count). The second-order valence-corrected chi connectivity index (χ2v) is 7.69. The van der Waals surface area contributed by atoms with Crippen molar-refractivity contribution in [2.75, 3.05) is 0 Å². The Labute approximate surface area is 160 Å². The number of alkyl halides is 4. The van der Waals surface area contributed by atoms with Crippen molar-refractivity contribution < 1.29 is 22.3 Å². The molecule has 0 radical (unpaired) electrons. The molecule has 0 amide bonds.